The van der Waals surface area contributed by atoms with Crippen LogP contribution in [0.2, 0.25) is 0 Å². The van der Waals surface area contributed by atoms with Crippen LogP contribution < -0.4 is 10.5 Å². The zero-order valence-corrected chi connectivity index (χ0v) is 11.0. The van der Waals surface area contributed by atoms with Crippen LogP contribution in [0.1, 0.15) is 13.3 Å². The molecule has 0 heterocycles. The zero-order valence-electron chi connectivity index (χ0n) is 10.2. The molecule has 7 heteroatoms. The highest BCUT2D eigenvalue weighted by atomic mass is 32.2. The first-order valence-corrected chi connectivity index (χ1v) is 7.21. The van der Waals surface area contributed by atoms with Gasteiger partial charge in [0.2, 0.25) is 0 Å². The van der Waals surface area contributed by atoms with Crippen LogP contribution in [0.5, 0.6) is 5.75 Å². The van der Waals surface area contributed by atoms with Crippen LogP contribution in [0.25, 0.3) is 0 Å². The molecule has 3 N–H and O–H groups in total. The van der Waals surface area contributed by atoms with Crippen LogP contribution in [0, 0.1) is 0 Å². The number of hydrogen-bond donors (Lipinski definition) is 2. The van der Waals surface area contributed by atoms with Crippen molar-refractivity contribution >= 4 is 15.7 Å². The summed E-state index contributed by atoms with van der Waals surface area (Å²) in [5.74, 6) is 0.304. The monoisotopic (exact) mass is 272 g/mol. The quantitative estimate of drug-likeness (QED) is 0.360. The molecular weight excluding hydrogens is 256 g/mol. The third-order valence-electron chi connectivity index (χ3n) is 2.33. The molecule has 0 fully saturated rings. The molecule has 0 saturated carbocycles. The highest BCUT2D eigenvalue weighted by molar-refractivity contribution is 7.90. The first-order chi connectivity index (χ1) is 8.38. The van der Waals surface area contributed by atoms with E-state index in [-0.39, 0.29) is 10.7 Å². The zero-order chi connectivity index (χ0) is 13.8. The van der Waals surface area contributed by atoms with Gasteiger partial charge in [0.1, 0.15) is 5.75 Å². The van der Waals surface area contributed by atoms with E-state index in [1.165, 1.54) is 12.1 Å². The van der Waals surface area contributed by atoms with E-state index in [0.29, 0.717) is 12.2 Å². The van der Waals surface area contributed by atoms with E-state index < -0.39 is 15.9 Å². The smallest absolute Gasteiger partial charge is 0.180 e. The first-order valence-electron chi connectivity index (χ1n) is 5.32. The number of nitrogens with zero attached hydrogens (tertiary/aromatic N) is 1. The van der Waals surface area contributed by atoms with E-state index in [9.17, 15) is 8.42 Å². The lowest BCUT2D eigenvalue weighted by Crippen LogP contribution is -2.33. The Balaban J connectivity index is 2.98. The van der Waals surface area contributed by atoms with Crippen molar-refractivity contribution in [2.75, 3.05) is 6.26 Å². The lowest BCUT2D eigenvalue weighted by molar-refractivity contribution is 0.246. The van der Waals surface area contributed by atoms with Crippen molar-refractivity contribution in [2.24, 2.45) is 10.9 Å². The lowest BCUT2D eigenvalue weighted by Gasteiger charge is -2.16. The second-order valence-corrected chi connectivity index (χ2v) is 5.80. The van der Waals surface area contributed by atoms with Gasteiger partial charge in [0.25, 0.3) is 0 Å². The molecule has 1 aromatic rings. The van der Waals surface area contributed by atoms with E-state index in [0.717, 1.165) is 6.26 Å². The Morgan fingerprint density at radius 2 is 2.22 bits per heavy atom. The number of hydrogen-bond acceptors (Lipinski definition) is 5. The number of sulfone groups is 1. The Labute approximate surface area is 106 Å². The molecule has 100 valence electrons. The Kier molecular flexibility index (Phi) is 4.55. The minimum atomic E-state index is -3.28. The average molecular weight is 272 g/mol. The topological polar surface area (TPSA) is 102 Å². The number of oxime groups is 1. The second kappa shape index (κ2) is 5.72. The average Bonchev–Trinajstić information content (AvgIpc) is 2.34. The molecular formula is C11H16N2O4S. The van der Waals surface area contributed by atoms with Gasteiger partial charge in [-0.25, -0.2) is 8.42 Å². The van der Waals surface area contributed by atoms with E-state index in [1.54, 1.807) is 12.1 Å². The third-order valence-corrected chi connectivity index (χ3v) is 3.44. The van der Waals surface area contributed by atoms with Crippen molar-refractivity contribution in [1.29, 1.82) is 0 Å². The van der Waals surface area contributed by atoms with Crippen LogP contribution in [0.15, 0.2) is 34.3 Å². The molecule has 0 radical (unpaired) electrons. The van der Waals surface area contributed by atoms with E-state index in [4.69, 9.17) is 15.7 Å². The van der Waals surface area contributed by atoms with E-state index in [1.807, 2.05) is 6.92 Å². The Bertz CT molecular complexity index is 540. The predicted octanol–water partition coefficient (Wildman–Crippen LogP) is 0.994. The summed E-state index contributed by atoms with van der Waals surface area (Å²) in [6, 6.07) is 6.07. The molecule has 0 aliphatic heterocycles. The van der Waals surface area contributed by atoms with Gasteiger partial charge >= 0.3 is 0 Å². The highest BCUT2D eigenvalue weighted by Crippen LogP contribution is 2.19. The van der Waals surface area contributed by atoms with Gasteiger partial charge in [-0.1, -0.05) is 18.1 Å². The molecule has 0 saturated heterocycles. The molecule has 0 amide bonds. The predicted molar refractivity (Wildman–Crippen MR) is 67.7 cm³/mol. The maximum Gasteiger partial charge on any atom is 0.180 e. The van der Waals surface area contributed by atoms with Gasteiger partial charge in [0, 0.05) is 6.26 Å². The minimum absolute atomic E-state index is 0.0535. The van der Waals surface area contributed by atoms with Gasteiger partial charge in [0.15, 0.2) is 21.8 Å². The van der Waals surface area contributed by atoms with Crippen molar-refractivity contribution in [3.05, 3.63) is 24.3 Å². The van der Waals surface area contributed by atoms with Crippen molar-refractivity contribution in [3.8, 4) is 5.75 Å². The number of benzene rings is 1. The Morgan fingerprint density at radius 1 is 1.56 bits per heavy atom. The number of ether oxygens (including phenoxy) is 1. The van der Waals surface area contributed by atoms with Gasteiger partial charge in [-0.2, -0.15) is 0 Å². The van der Waals surface area contributed by atoms with E-state index in [2.05, 4.69) is 5.16 Å². The van der Waals surface area contributed by atoms with Crippen molar-refractivity contribution in [2.45, 2.75) is 24.3 Å². The van der Waals surface area contributed by atoms with Crippen LogP contribution in [0.3, 0.4) is 0 Å². The van der Waals surface area contributed by atoms with Crippen LogP contribution >= 0.6 is 0 Å². The molecule has 6 nitrogen and oxygen atoms in total. The fraction of sp³-hybridized carbons (Fsp3) is 0.364. The van der Waals surface area contributed by atoms with Crippen molar-refractivity contribution in [3.63, 3.8) is 0 Å². The van der Waals surface area contributed by atoms with E-state index >= 15 is 0 Å². The minimum Gasteiger partial charge on any atom is -0.482 e. The molecule has 1 rings (SSSR count). The molecule has 1 unspecified atom stereocenters. The summed E-state index contributed by atoms with van der Waals surface area (Å²) in [4.78, 5) is 0.161. The molecule has 0 bridgehead atoms. The standard InChI is InChI=1S/C11H16N2O4S/c1-3-10(11(12)13-14)17-8-5-4-6-9(7-8)18(2,15)16/h4-7,10,14H,3H2,1-2H3,(H2,12,13). The Hall–Kier alpha value is -1.76. The molecule has 0 spiro atoms. The summed E-state index contributed by atoms with van der Waals surface area (Å²) >= 11 is 0. The van der Waals surface area contributed by atoms with Gasteiger partial charge in [-0.3, -0.25) is 0 Å². The number of amidine groups is 1. The van der Waals surface area contributed by atoms with Gasteiger partial charge in [-0.15, -0.1) is 0 Å². The Morgan fingerprint density at radius 3 is 2.72 bits per heavy atom. The first kappa shape index (κ1) is 14.3. The summed E-state index contributed by atoms with van der Waals surface area (Å²) in [7, 11) is -3.28. The molecule has 18 heavy (non-hydrogen) atoms. The van der Waals surface area contributed by atoms with Gasteiger partial charge in [-0.05, 0) is 24.6 Å². The molecule has 0 aliphatic rings. The summed E-state index contributed by atoms with van der Waals surface area (Å²) in [5, 5.41) is 11.5. The van der Waals surface area contributed by atoms with Crippen molar-refractivity contribution in [1.82, 2.24) is 0 Å². The summed E-state index contributed by atoms with van der Waals surface area (Å²) in [5.41, 5.74) is 5.46. The molecule has 0 aromatic heterocycles. The second-order valence-electron chi connectivity index (χ2n) is 3.79. The van der Waals surface area contributed by atoms with Crippen LogP contribution in [-0.4, -0.2) is 31.8 Å². The fourth-order valence-electron chi connectivity index (χ4n) is 1.36. The maximum atomic E-state index is 11.4. The lowest BCUT2D eigenvalue weighted by atomic mass is 10.2. The van der Waals surface area contributed by atoms with Crippen LogP contribution in [0.4, 0.5) is 0 Å². The molecule has 1 aromatic carbocycles. The number of nitrogens with two attached hydrogens (primary N) is 1. The summed E-state index contributed by atoms with van der Waals surface area (Å²) in [6.07, 6.45) is 1.02. The van der Waals surface area contributed by atoms with Crippen LogP contribution in [-0.2, 0) is 9.84 Å². The van der Waals surface area contributed by atoms with Crippen molar-refractivity contribution < 1.29 is 18.4 Å². The maximum absolute atomic E-state index is 11.4. The number of rotatable bonds is 5. The summed E-state index contributed by atoms with van der Waals surface area (Å²) < 4.78 is 28.2. The van der Waals surface area contributed by atoms with Gasteiger partial charge < -0.3 is 15.7 Å². The largest absolute Gasteiger partial charge is 0.482 e. The molecule has 1 atom stereocenters. The van der Waals surface area contributed by atoms with Gasteiger partial charge in [0.05, 0.1) is 4.90 Å². The SMILES string of the molecule is CCC(Oc1cccc(S(C)(=O)=O)c1)C(N)=NO. The highest BCUT2D eigenvalue weighted by Gasteiger charge is 2.15. The normalized spacial score (nSPS) is 14.2. The third kappa shape index (κ3) is 3.63. The molecule has 0 aliphatic carbocycles. The summed E-state index contributed by atoms with van der Waals surface area (Å²) in [6.45, 7) is 1.81. The fourth-order valence-corrected chi connectivity index (χ4v) is 2.02.